The fourth-order valence-corrected chi connectivity index (χ4v) is 1.48. The Bertz CT molecular complexity index is 331. The highest BCUT2D eigenvalue weighted by atomic mass is 16.2. The highest BCUT2D eigenvalue weighted by Crippen LogP contribution is 2.04. The maximum atomic E-state index is 11.9. The standard InChI is InChI=1S/C12H21N3O4/c1-8(2)6-10(14-7-17)12(19)15-9(3)11(18)13-4-5-16/h5,7-10H,4,6H2,1-3H3,(H,13,18)(H,14,17)(H,15,19). The van der Waals surface area contributed by atoms with Gasteiger partial charge < -0.3 is 20.7 Å². The van der Waals surface area contributed by atoms with Crippen molar-refractivity contribution < 1.29 is 19.2 Å². The zero-order valence-electron chi connectivity index (χ0n) is 11.4. The van der Waals surface area contributed by atoms with E-state index in [1.165, 1.54) is 6.92 Å². The van der Waals surface area contributed by atoms with Gasteiger partial charge >= 0.3 is 0 Å². The van der Waals surface area contributed by atoms with Crippen LogP contribution in [0.1, 0.15) is 27.2 Å². The molecular weight excluding hydrogens is 250 g/mol. The van der Waals surface area contributed by atoms with E-state index in [1.54, 1.807) is 0 Å². The first kappa shape index (κ1) is 17.1. The van der Waals surface area contributed by atoms with E-state index in [-0.39, 0.29) is 12.5 Å². The lowest BCUT2D eigenvalue weighted by atomic mass is 10.0. The molecule has 108 valence electrons. The van der Waals surface area contributed by atoms with E-state index in [1.807, 2.05) is 13.8 Å². The molecule has 0 fully saturated rings. The molecular formula is C12H21N3O4. The predicted octanol–water partition coefficient (Wildman–Crippen LogP) is -1.03. The quantitative estimate of drug-likeness (QED) is 0.466. The van der Waals surface area contributed by atoms with Crippen molar-refractivity contribution >= 4 is 24.5 Å². The van der Waals surface area contributed by atoms with E-state index in [9.17, 15) is 19.2 Å². The second kappa shape index (κ2) is 9.07. The van der Waals surface area contributed by atoms with Crippen molar-refractivity contribution in [2.24, 2.45) is 5.92 Å². The Kier molecular flexibility index (Phi) is 8.15. The molecule has 3 N–H and O–H groups in total. The molecule has 2 atom stereocenters. The molecule has 0 saturated carbocycles. The summed E-state index contributed by atoms with van der Waals surface area (Å²) in [5.74, 6) is -0.646. The monoisotopic (exact) mass is 271 g/mol. The Morgan fingerprint density at radius 3 is 2.21 bits per heavy atom. The molecule has 0 spiro atoms. The fourth-order valence-electron chi connectivity index (χ4n) is 1.48. The van der Waals surface area contributed by atoms with Crippen molar-refractivity contribution in [1.82, 2.24) is 16.0 Å². The molecule has 0 aromatic carbocycles. The molecule has 0 bridgehead atoms. The minimum Gasteiger partial charge on any atom is -0.348 e. The molecule has 0 aromatic rings. The van der Waals surface area contributed by atoms with Crippen molar-refractivity contribution in [2.45, 2.75) is 39.3 Å². The third-order valence-corrected chi connectivity index (χ3v) is 2.40. The van der Waals surface area contributed by atoms with Gasteiger partial charge in [-0.1, -0.05) is 13.8 Å². The summed E-state index contributed by atoms with van der Waals surface area (Å²) in [5.41, 5.74) is 0. The minimum absolute atomic E-state index is 0.0962. The summed E-state index contributed by atoms with van der Waals surface area (Å²) in [5, 5.41) is 7.25. The Morgan fingerprint density at radius 1 is 1.11 bits per heavy atom. The van der Waals surface area contributed by atoms with Crippen LogP contribution in [-0.4, -0.2) is 43.1 Å². The zero-order valence-corrected chi connectivity index (χ0v) is 11.4. The number of hydrogen-bond acceptors (Lipinski definition) is 4. The Balaban J connectivity index is 4.40. The largest absolute Gasteiger partial charge is 0.348 e. The van der Waals surface area contributed by atoms with Crippen LogP contribution in [0.4, 0.5) is 0 Å². The number of rotatable bonds is 9. The van der Waals surface area contributed by atoms with Crippen molar-refractivity contribution in [3.05, 3.63) is 0 Å². The number of amides is 3. The van der Waals surface area contributed by atoms with E-state index in [0.717, 1.165) is 0 Å². The van der Waals surface area contributed by atoms with Gasteiger partial charge in [-0.3, -0.25) is 14.4 Å². The van der Waals surface area contributed by atoms with E-state index in [0.29, 0.717) is 19.1 Å². The molecule has 7 nitrogen and oxygen atoms in total. The first-order valence-electron chi connectivity index (χ1n) is 6.13. The smallest absolute Gasteiger partial charge is 0.243 e. The van der Waals surface area contributed by atoms with Crippen LogP contribution in [0.15, 0.2) is 0 Å². The van der Waals surface area contributed by atoms with Gasteiger partial charge in [-0.15, -0.1) is 0 Å². The van der Waals surface area contributed by atoms with Crippen molar-refractivity contribution in [3.8, 4) is 0 Å². The number of carbonyl (C=O) groups is 4. The second-order valence-electron chi connectivity index (χ2n) is 4.61. The molecule has 0 saturated heterocycles. The first-order valence-corrected chi connectivity index (χ1v) is 6.13. The maximum absolute atomic E-state index is 11.9. The highest BCUT2D eigenvalue weighted by Gasteiger charge is 2.22. The van der Waals surface area contributed by atoms with Crippen LogP contribution >= 0.6 is 0 Å². The van der Waals surface area contributed by atoms with Crippen molar-refractivity contribution in [1.29, 1.82) is 0 Å². The molecule has 0 rings (SSSR count). The third-order valence-electron chi connectivity index (χ3n) is 2.40. The fraction of sp³-hybridized carbons (Fsp3) is 0.667. The predicted molar refractivity (Wildman–Crippen MR) is 69.1 cm³/mol. The van der Waals surface area contributed by atoms with Gasteiger partial charge in [0, 0.05) is 0 Å². The molecule has 0 aliphatic rings. The third kappa shape index (κ3) is 7.17. The lowest BCUT2D eigenvalue weighted by Crippen LogP contribution is -2.51. The van der Waals surface area contributed by atoms with Crippen LogP contribution in [0.2, 0.25) is 0 Å². The van der Waals surface area contributed by atoms with Crippen LogP contribution < -0.4 is 16.0 Å². The molecule has 0 aromatic heterocycles. The Hall–Kier alpha value is -1.92. The first-order chi connectivity index (χ1) is 8.92. The lowest BCUT2D eigenvalue weighted by Gasteiger charge is -2.20. The van der Waals surface area contributed by atoms with Crippen LogP contribution in [0, 0.1) is 5.92 Å². The summed E-state index contributed by atoms with van der Waals surface area (Å²) >= 11 is 0. The molecule has 2 unspecified atom stereocenters. The van der Waals surface area contributed by atoms with Gasteiger partial charge in [0.05, 0.1) is 6.54 Å². The molecule has 0 aliphatic carbocycles. The van der Waals surface area contributed by atoms with E-state index >= 15 is 0 Å². The number of nitrogens with one attached hydrogen (secondary N) is 3. The molecule has 3 amide bonds. The summed E-state index contributed by atoms with van der Waals surface area (Å²) in [6, 6.07) is -1.44. The normalized spacial score (nSPS) is 13.3. The van der Waals surface area contributed by atoms with Crippen LogP contribution in [0.5, 0.6) is 0 Å². The summed E-state index contributed by atoms with van der Waals surface area (Å²) < 4.78 is 0. The second-order valence-corrected chi connectivity index (χ2v) is 4.61. The van der Waals surface area contributed by atoms with Crippen LogP contribution in [0.3, 0.4) is 0 Å². The molecule has 0 radical (unpaired) electrons. The van der Waals surface area contributed by atoms with E-state index < -0.39 is 23.9 Å². The van der Waals surface area contributed by atoms with Gasteiger partial charge in [-0.25, -0.2) is 0 Å². The molecule has 7 heteroatoms. The summed E-state index contributed by atoms with van der Waals surface area (Å²) in [4.78, 5) is 43.9. The molecule has 0 heterocycles. The zero-order chi connectivity index (χ0) is 14.8. The minimum atomic E-state index is -0.768. The van der Waals surface area contributed by atoms with Gasteiger partial charge in [-0.05, 0) is 19.3 Å². The van der Waals surface area contributed by atoms with Gasteiger partial charge in [-0.2, -0.15) is 0 Å². The van der Waals surface area contributed by atoms with Gasteiger partial charge in [0.1, 0.15) is 18.4 Å². The maximum Gasteiger partial charge on any atom is 0.243 e. The highest BCUT2D eigenvalue weighted by molar-refractivity contribution is 5.90. The Labute approximate surface area is 112 Å². The van der Waals surface area contributed by atoms with Crippen molar-refractivity contribution in [3.63, 3.8) is 0 Å². The van der Waals surface area contributed by atoms with Crippen LogP contribution in [0.25, 0.3) is 0 Å². The molecule has 0 aliphatic heterocycles. The average Bonchev–Trinajstić information content (AvgIpc) is 2.34. The average molecular weight is 271 g/mol. The summed E-state index contributed by atoms with van der Waals surface area (Å²) in [6.45, 7) is 5.26. The summed E-state index contributed by atoms with van der Waals surface area (Å²) in [6.07, 6.45) is 1.50. The van der Waals surface area contributed by atoms with Crippen LogP contribution in [-0.2, 0) is 19.2 Å². The lowest BCUT2D eigenvalue weighted by molar-refractivity contribution is -0.130. The van der Waals surface area contributed by atoms with E-state index in [4.69, 9.17) is 0 Å². The Morgan fingerprint density at radius 2 is 1.74 bits per heavy atom. The van der Waals surface area contributed by atoms with E-state index in [2.05, 4.69) is 16.0 Å². The SMILES string of the molecule is CC(C)CC(NC=O)C(=O)NC(C)C(=O)NCC=O. The topological polar surface area (TPSA) is 104 Å². The number of hydrogen-bond donors (Lipinski definition) is 3. The van der Waals surface area contributed by atoms with Gasteiger partial charge in [0.2, 0.25) is 18.2 Å². The molecule has 19 heavy (non-hydrogen) atoms. The van der Waals surface area contributed by atoms with Gasteiger partial charge in [0.25, 0.3) is 0 Å². The number of carbonyl (C=O) groups excluding carboxylic acids is 4. The van der Waals surface area contributed by atoms with Gasteiger partial charge in [0.15, 0.2) is 0 Å². The van der Waals surface area contributed by atoms with Crippen molar-refractivity contribution in [2.75, 3.05) is 6.54 Å². The number of aldehydes is 1. The summed E-state index contributed by atoms with van der Waals surface area (Å²) in [7, 11) is 0.